The zero-order valence-electron chi connectivity index (χ0n) is 13.4. The summed E-state index contributed by atoms with van der Waals surface area (Å²) >= 11 is 0. The number of rotatable bonds is 4. The zero-order valence-corrected chi connectivity index (χ0v) is 13.4. The molecule has 0 aromatic heterocycles. The summed E-state index contributed by atoms with van der Waals surface area (Å²) in [5, 5.41) is 3.13. The van der Waals surface area contributed by atoms with Crippen molar-refractivity contribution in [3.8, 4) is 0 Å². The van der Waals surface area contributed by atoms with Gasteiger partial charge in [-0.3, -0.25) is 4.99 Å². The fourth-order valence-electron chi connectivity index (χ4n) is 2.12. The average Bonchev–Trinajstić information content (AvgIpc) is 2.26. The SMILES string of the molecule is COC(CN=C(N)Nc1cc(C)cc(C)c1)C(C)(C)C. The maximum atomic E-state index is 5.94. The Morgan fingerprint density at radius 1 is 1.25 bits per heavy atom. The van der Waals surface area contributed by atoms with Crippen molar-refractivity contribution in [1.29, 1.82) is 0 Å². The van der Waals surface area contributed by atoms with Gasteiger partial charge in [0, 0.05) is 12.8 Å². The molecule has 4 heteroatoms. The highest BCUT2D eigenvalue weighted by Crippen LogP contribution is 2.22. The Labute approximate surface area is 122 Å². The van der Waals surface area contributed by atoms with Gasteiger partial charge < -0.3 is 15.8 Å². The van der Waals surface area contributed by atoms with Crippen LogP contribution >= 0.6 is 0 Å². The number of nitrogens with two attached hydrogens (primary N) is 1. The van der Waals surface area contributed by atoms with Gasteiger partial charge >= 0.3 is 0 Å². The monoisotopic (exact) mass is 277 g/mol. The molecule has 3 N–H and O–H groups in total. The van der Waals surface area contributed by atoms with Gasteiger partial charge in [0.2, 0.25) is 0 Å². The third-order valence-corrected chi connectivity index (χ3v) is 3.17. The van der Waals surface area contributed by atoms with Crippen LogP contribution in [0.4, 0.5) is 5.69 Å². The lowest BCUT2D eigenvalue weighted by molar-refractivity contribution is 0.0242. The quantitative estimate of drug-likeness (QED) is 0.657. The van der Waals surface area contributed by atoms with Crippen molar-refractivity contribution < 1.29 is 4.74 Å². The molecule has 20 heavy (non-hydrogen) atoms. The van der Waals surface area contributed by atoms with Gasteiger partial charge in [-0.2, -0.15) is 0 Å². The molecule has 0 heterocycles. The standard InChI is InChI=1S/C16H27N3O/c1-11-7-12(2)9-13(8-11)19-15(17)18-10-14(20-6)16(3,4)5/h7-9,14H,10H2,1-6H3,(H3,17,18,19). The van der Waals surface area contributed by atoms with Gasteiger partial charge in [0.1, 0.15) is 0 Å². The topological polar surface area (TPSA) is 59.6 Å². The molecule has 1 rings (SSSR count). The summed E-state index contributed by atoms with van der Waals surface area (Å²) in [4.78, 5) is 4.37. The van der Waals surface area contributed by atoms with Crippen LogP contribution in [0.5, 0.6) is 0 Å². The van der Waals surface area contributed by atoms with Gasteiger partial charge in [0.15, 0.2) is 5.96 Å². The molecule has 112 valence electrons. The first-order valence-electron chi connectivity index (χ1n) is 6.90. The first kappa shape index (κ1) is 16.5. The van der Waals surface area contributed by atoms with Crippen LogP contribution in [0.1, 0.15) is 31.9 Å². The fraction of sp³-hybridized carbons (Fsp3) is 0.562. The molecule has 0 bridgehead atoms. The number of aryl methyl sites for hydroxylation is 2. The van der Waals surface area contributed by atoms with E-state index in [0.717, 1.165) is 5.69 Å². The van der Waals surface area contributed by atoms with E-state index >= 15 is 0 Å². The second kappa shape index (κ2) is 6.75. The molecule has 1 aromatic carbocycles. The van der Waals surface area contributed by atoms with Gasteiger partial charge in [0.25, 0.3) is 0 Å². The van der Waals surface area contributed by atoms with Crippen LogP contribution in [0.25, 0.3) is 0 Å². The Hall–Kier alpha value is -1.55. The van der Waals surface area contributed by atoms with Crippen LogP contribution in [-0.2, 0) is 4.74 Å². The minimum atomic E-state index is 0.0401. The predicted octanol–water partition coefficient (Wildman–Crippen LogP) is 3.09. The summed E-state index contributed by atoms with van der Waals surface area (Å²) in [5.41, 5.74) is 9.34. The minimum Gasteiger partial charge on any atom is -0.379 e. The largest absolute Gasteiger partial charge is 0.379 e. The average molecular weight is 277 g/mol. The highest BCUT2D eigenvalue weighted by Gasteiger charge is 2.23. The highest BCUT2D eigenvalue weighted by atomic mass is 16.5. The van der Waals surface area contributed by atoms with Crippen LogP contribution in [0, 0.1) is 19.3 Å². The minimum absolute atomic E-state index is 0.0401. The van der Waals surface area contributed by atoms with Crippen LogP contribution in [0.3, 0.4) is 0 Å². The molecule has 4 nitrogen and oxygen atoms in total. The number of methoxy groups -OCH3 is 1. The Balaban J connectivity index is 2.70. The van der Waals surface area contributed by atoms with E-state index in [1.54, 1.807) is 7.11 Å². The van der Waals surface area contributed by atoms with Crippen molar-refractivity contribution in [2.24, 2.45) is 16.1 Å². The number of nitrogens with one attached hydrogen (secondary N) is 1. The van der Waals surface area contributed by atoms with Crippen molar-refractivity contribution in [2.45, 2.75) is 40.7 Å². The number of ether oxygens (including phenoxy) is 1. The molecule has 0 aliphatic carbocycles. The fourth-order valence-corrected chi connectivity index (χ4v) is 2.12. The lowest BCUT2D eigenvalue weighted by Crippen LogP contribution is -2.33. The van der Waals surface area contributed by atoms with E-state index in [4.69, 9.17) is 10.5 Å². The van der Waals surface area contributed by atoms with E-state index in [1.807, 2.05) is 12.1 Å². The molecule has 0 amide bonds. The maximum Gasteiger partial charge on any atom is 0.193 e. The Morgan fingerprint density at radius 2 is 1.80 bits per heavy atom. The van der Waals surface area contributed by atoms with Crippen LogP contribution in [-0.4, -0.2) is 25.7 Å². The third kappa shape index (κ3) is 5.21. The Morgan fingerprint density at radius 3 is 2.25 bits per heavy atom. The second-order valence-corrected chi connectivity index (χ2v) is 6.32. The molecule has 0 fully saturated rings. The molecule has 0 saturated carbocycles. The summed E-state index contributed by atoms with van der Waals surface area (Å²) in [6, 6.07) is 6.22. The third-order valence-electron chi connectivity index (χ3n) is 3.17. The zero-order chi connectivity index (χ0) is 15.3. The smallest absolute Gasteiger partial charge is 0.193 e. The number of benzene rings is 1. The van der Waals surface area contributed by atoms with Crippen LogP contribution in [0.15, 0.2) is 23.2 Å². The van der Waals surface area contributed by atoms with Crippen LogP contribution < -0.4 is 11.1 Å². The maximum absolute atomic E-state index is 5.94. The van der Waals surface area contributed by atoms with Crippen LogP contribution in [0.2, 0.25) is 0 Å². The molecule has 1 aromatic rings. The first-order valence-corrected chi connectivity index (χ1v) is 6.90. The van der Waals surface area contributed by atoms with E-state index in [9.17, 15) is 0 Å². The second-order valence-electron chi connectivity index (χ2n) is 6.32. The molecule has 1 unspecified atom stereocenters. The normalized spacial score (nSPS) is 14.2. The van der Waals surface area contributed by atoms with Crippen molar-refractivity contribution in [2.75, 3.05) is 19.0 Å². The van der Waals surface area contributed by atoms with E-state index in [2.05, 4.69) is 51.0 Å². The molecule has 1 atom stereocenters. The first-order chi connectivity index (χ1) is 9.22. The number of hydrogen-bond donors (Lipinski definition) is 2. The van der Waals surface area contributed by atoms with E-state index < -0.39 is 0 Å². The van der Waals surface area contributed by atoms with Gasteiger partial charge in [0.05, 0.1) is 12.6 Å². The van der Waals surface area contributed by atoms with Gasteiger partial charge in [-0.1, -0.05) is 26.8 Å². The van der Waals surface area contributed by atoms with Gasteiger partial charge in [-0.05, 0) is 42.5 Å². The molecule has 0 spiro atoms. The van der Waals surface area contributed by atoms with Gasteiger partial charge in [-0.25, -0.2) is 0 Å². The number of nitrogens with zero attached hydrogens (tertiary/aromatic N) is 1. The molecule has 0 aliphatic rings. The predicted molar refractivity (Wildman–Crippen MR) is 86.3 cm³/mol. The Kier molecular flexibility index (Phi) is 5.57. The Bertz CT molecular complexity index is 455. The number of hydrogen-bond acceptors (Lipinski definition) is 2. The molecule has 0 radical (unpaired) electrons. The number of anilines is 1. The van der Waals surface area contributed by atoms with Crippen molar-refractivity contribution in [1.82, 2.24) is 0 Å². The lowest BCUT2D eigenvalue weighted by atomic mass is 9.89. The number of aliphatic imine (C=N–C) groups is 1. The summed E-state index contributed by atoms with van der Waals surface area (Å²) < 4.78 is 5.46. The summed E-state index contributed by atoms with van der Waals surface area (Å²) in [7, 11) is 1.71. The summed E-state index contributed by atoms with van der Waals surface area (Å²) in [6.45, 7) is 11.1. The summed E-state index contributed by atoms with van der Waals surface area (Å²) in [6.07, 6.45) is 0.0436. The lowest BCUT2D eigenvalue weighted by Gasteiger charge is -2.27. The van der Waals surface area contributed by atoms with E-state index in [1.165, 1.54) is 11.1 Å². The number of guanidine groups is 1. The molecular weight excluding hydrogens is 250 g/mol. The van der Waals surface area contributed by atoms with Crippen molar-refractivity contribution in [3.63, 3.8) is 0 Å². The van der Waals surface area contributed by atoms with E-state index in [-0.39, 0.29) is 11.5 Å². The highest BCUT2D eigenvalue weighted by molar-refractivity contribution is 5.92. The van der Waals surface area contributed by atoms with Crippen molar-refractivity contribution in [3.05, 3.63) is 29.3 Å². The van der Waals surface area contributed by atoms with E-state index in [0.29, 0.717) is 12.5 Å². The molecule has 0 aliphatic heterocycles. The molecule has 0 saturated heterocycles. The van der Waals surface area contributed by atoms with Gasteiger partial charge in [-0.15, -0.1) is 0 Å². The van der Waals surface area contributed by atoms with Crippen molar-refractivity contribution >= 4 is 11.6 Å². The molecular formula is C16H27N3O. The summed E-state index contributed by atoms with van der Waals surface area (Å²) in [5.74, 6) is 0.418.